The van der Waals surface area contributed by atoms with Gasteiger partial charge in [0.1, 0.15) is 11.6 Å². The van der Waals surface area contributed by atoms with Crippen molar-refractivity contribution in [3.8, 4) is 0 Å². The maximum absolute atomic E-state index is 5.85. The summed E-state index contributed by atoms with van der Waals surface area (Å²) >= 11 is 3.38. The largest absolute Gasteiger partial charge is 0.383 e. The minimum atomic E-state index is 0.310. The van der Waals surface area contributed by atoms with Gasteiger partial charge in [-0.2, -0.15) is 0 Å². The fourth-order valence-corrected chi connectivity index (χ4v) is 2.12. The summed E-state index contributed by atoms with van der Waals surface area (Å²) in [5.41, 5.74) is 6.99. The molecular formula is C11H16BrN3O. The molecule has 0 amide bonds. The molecule has 0 aromatic carbocycles. The van der Waals surface area contributed by atoms with Crippen molar-refractivity contribution in [3.63, 3.8) is 0 Å². The summed E-state index contributed by atoms with van der Waals surface area (Å²) < 4.78 is 5.84. The maximum Gasteiger partial charge on any atom is 0.141 e. The number of nitrogens with two attached hydrogens (primary N) is 1. The minimum absolute atomic E-state index is 0.310. The molecule has 2 N–H and O–H groups in total. The number of ether oxygens (including phenoxy) is 1. The molecule has 1 aromatic heterocycles. The lowest BCUT2D eigenvalue weighted by molar-refractivity contribution is 0.180. The number of hydrogen-bond acceptors (Lipinski definition) is 4. The van der Waals surface area contributed by atoms with E-state index in [1.807, 2.05) is 0 Å². The van der Waals surface area contributed by atoms with Crippen LogP contribution < -0.4 is 5.73 Å². The van der Waals surface area contributed by atoms with Crippen molar-refractivity contribution in [2.24, 2.45) is 5.41 Å². The summed E-state index contributed by atoms with van der Waals surface area (Å²) in [7, 11) is 1.64. The average molecular weight is 286 g/mol. The van der Waals surface area contributed by atoms with Gasteiger partial charge in [-0.3, -0.25) is 0 Å². The molecule has 0 radical (unpaired) electrons. The molecule has 1 heterocycles. The van der Waals surface area contributed by atoms with Gasteiger partial charge >= 0.3 is 0 Å². The Morgan fingerprint density at radius 3 is 2.62 bits per heavy atom. The summed E-state index contributed by atoms with van der Waals surface area (Å²) in [5, 5.41) is 0. The topological polar surface area (TPSA) is 61.0 Å². The molecule has 4 nitrogen and oxygen atoms in total. The summed E-state index contributed by atoms with van der Waals surface area (Å²) in [5.74, 6) is 1.77. The SMILES string of the molecule is COCc1nc(C2CC2(C)C)nc(N)c1Br. The van der Waals surface area contributed by atoms with Gasteiger partial charge in [-0.15, -0.1) is 0 Å². The molecule has 16 heavy (non-hydrogen) atoms. The molecule has 1 atom stereocenters. The number of methoxy groups -OCH3 is 1. The molecular weight excluding hydrogens is 270 g/mol. The monoisotopic (exact) mass is 285 g/mol. The minimum Gasteiger partial charge on any atom is -0.383 e. The second-order valence-electron chi connectivity index (χ2n) is 4.91. The molecule has 2 rings (SSSR count). The molecule has 1 fully saturated rings. The van der Waals surface area contributed by atoms with E-state index < -0.39 is 0 Å². The van der Waals surface area contributed by atoms with Gasteiger partial charge in [0.25, 0.3) is 0 Å². The van der Waals surface area contributed by atoms with Crippen molar-refractivity contribution in [3.05, 3.63) is 16.0 Å². The zero-order chi connectivity index (χ0) is 11.9. The van der Waals surface area contributed by atoms with E-state index in [1.165, 1.54) is 0 Å². The van der Waals surface area contributed by atoms with Gasteiger partial charge in [0.05, 0.1) is 16.8 Å². The Hall–Kier alpha value is -0.680. The Morgan fingerprint density at radius 2 is 2.12 bits per heavy atom. The Kier molecular flexibility index (Phi) is 2.92. The van der Waals surface area contributed by atoms with Crippen LogP contribution in [0.3, 0.4) is 0 Å². The third-order valence-corrected chi connectivity index (χ3v) is 3.93. The highest BCUT2D eigenvalue weighted by atomic mass is 79.9. The van der Waals surface area contributed by atoms with Crippen LogP contribution in [0.2, 0.25) is 0 Å². The smallest absolute Gasteiger partial charge is 0.141 e. The van der Waals surface area contributed by atoms with Crippen LogP contribution >= 0.6 is 15.9 Å². The lowest BCUT2D eigenvalue weighted by atomic mass is 10.1. The van der Waals surface area contributed by atoms with Crippen LogP contribution in [-0.4, -0.2) is 17.1 Å². The third kappa shape index (κ3) is 2.06. The fourth-order valence-electron chi connectivity index (χ4n) is 1.83. The van der Waals surface area contributed by atoms with E-state index in [4.69, 9.17) is 10.5 Å². The van der Waals surface area contributed by atoms with Crippen LogP contribution in [-0.2, 0) is 11.3 Å². The van der Waals surface area contributed by atoms with Gasteiger partial charge in [0.15, 0.2) is 0 Å². The molecule has 1 aliphatic carbocycles. The lowest BCUT2D eigenvalue weighted by Crippen LogP contribution is -2.07. The van der Waals surface area contributed by atoms with Crippen molar-refractivity contribution in [2.45, 2.75) is 32.8 Å². The first-order valence-corrected chi connectivity index (χ1v) is 6.05. The number of anilines is 1. The quantitative estimate of drug-likeness (QED) is 0.927. The third-order valence-electron chi connectivity index (χ3n) is 3.07. The van der Waals surface area contributed by atoms with Crippen molar-refractivity contribution < 1.29 is 4.74 Å². The predicted octanol–water partition coefficient (Wildman–Crippen LogP) is 2.48. The van der Waals surface area contributed by atoms with Crippen molar-refractivity contribution in [1.29, 1.82) is 0 Å². The van der Waals surface area contributed by atoms with Gasteiger partial charge in [0, 0.05) is 13.0 Å². The average Bonchev–Trinajstić information content (AvgIpc) is 2.83. The zero-order valence-corrected chi connectivity index (χ0v) is 11.3. The molecule has 0 saturated heterocycles. The molecule has 1 unspecified atom stereocenters. The summed E-state index contributed by atoms with van der Waals surface area (Å²) in [4.78, 5) is 8.85. The number of nitrogen functional groups attached to an aromatic ring is 1. The number of hydrogen-bond donors (Lipinski definition) is 1. The van der Waals surface area contributed by atoms with Crippen LogP contribution in [0.25, 0.3) is 0 Å². The van der Waals surface area contributed by atoms with E-state index in [0.717, 1.165) is 22.4 Å². The van der Waals surface area contributed by atoms with Crippen LogP contribution in [0, 0.1) is 5.41 Å². The van der Waals surface area contributed by atoms with Crippen LogP contribution in [0.5, 0.6) is 0 Å². The van der Waals surface area contributed by atoms with Crippen molar-refractivity contribution >= 4 is 21.7 Å². The Labute approximate surface area is 104 Å². The first-order chi connectivity index (χ1) is 7.45. The highest BCUT2D eigenvalue weighted by Crippen LogP contribution is 2.57. The summed E-state index contributed by atoms with van der Waals surface area (Å²) in [6.45, 7) is 4.89. The van der Waals surface area contributed by atoms with Crippen molar-refractivity contribution in [1.82, 2.24) is 9.97 Å². The van der Waals surface area contributed by atoms with E-state index in [-0.39, 0.29) is 0 Å². The van der Waals surface area contributed by atoms with Gasteiger partial charge in [-0.1, -0.05) is 13.8 Å². The first kappa shape index (κ1) is 11.8. The summed E-state index contributed by atoms with van der Waals surface area (Å²) in [6, 6.07) is 0. The number of halogens is 1. The van der Waals surface area contributed by atoms with Gasteiger partial charge in [-0.05, 0) is 27.8 Å². The number of nitrogens with zero attached hydrogens (tertiary/aromatic N) is 2. The second kappa shape index (κ2) is 3.96. The Bertz CT molecular complexity index is 420. The van der Waals surface area contributed by atoms with E-state index >= 15 is 0 Å². The number of aromatic nitrogens is 2. The van der Waals surface area contributed by atoms with Crippen LogP contribution in [0.4, 0.5) is 5.82 Å². The van der Waals surface area contributed by atoms with Gasteiger partial charge < -0.3 is 10.5 Å². The van der Waals surface area contributed by atoms with E-state index in [2.05, 4.69) is 39.7 Å². The second-order valence-corrected chi connectivity index (χ2v) is 5.70. The van der Waals surface area contributed by atoms with E-state index in [9.17, 15) is 0 Å². The molecule has 1 aromatic rings. The van der Waals surface area contributed by atoms with Gasteiger partial charge in [-0.25, -0.2) is 9.97 Å². The Morgan fingerprint density at radius 1 is 1.50 bits per heavy atom. The molecule has 88 valence electrons. The maximum atomic E-state index is 5.85. The van der Waals surface area contributed by atoms with Gasteiger partial charge in [0.2, 0.25) is 0 Å². The molecule has 1 saturated carbocycles. The van der Waals surface area contributed by atoms with Crippen LogP contribution in [0.15, 0.2) is 4.47 Å². The molecule has 5 heteroatoms. The standard InChI is InChI=1S/C11H16BrN3O/c1-11(2)4-6(11)10-14-7(5-16-3)8(12)9(13)15-10/h6H,4-5H2,1-3H3,(H2,13,14,15). The fraction of sp³-hybridized carbons (Fsp3) is 0.636. The summed E-state index contributed by atoms with van der Waals surface area (Å²) in [6.07, 6.45) is 1.13. The number of rotatable bonds is 3. The van der Waals surface area contributed by atoms with E-state index in [1.54, 1.807) is 7.11 Å². The predicted molar refractivity (Wildman–Crippen MR) is 66.0 cm³/mol. The molecule has 1 aliphatic rings. The molecule has 0 aliphatic heterocycles. The Balaban J connectivity index is 2.34. The zero-order valence-electron chi connectivity index (χ0n) is 9.75. The molecule has 0 bridgehead atoms. The normalized spacial score (nSPS) is 22.1. The molecule has 0 spiro atoms. The van der Waals surface area contributed by atoms with Crippen molar-refractivity contribution in [2.75, 3.05) is 12.8 Å². The lowest BCUT2D eigenvalue weighted by Gasteiger charge is -2.09. The van der Waals surface area contributed by atoms with E-state index in [0.29, 0.717) is 23.8 Å². The first-order valence-electron chi connectivity index (χ1n) is 5.26. The highest BCUT2D eigenvalue weighted by Gasteiger charge is 2.48. The highest BCUT2D eigenvalue weighted by molar-refractivity contribution is 9.10. The van der Waals surface area contributed by atoms with Crippen LogP contribution in [0.1, 0.15) is 37.7 Å².